The van der Waals surface area contributed by atoms with Gasteiger partial charge in [0.05, 0.1) is 0 Å². The van der Waals surface area contributed by atoms with Crippen molar-refractivity contribution < 1.29 is 14.3 Å². The summed E-state index contributed by atoms with van der Waals surface area (Å²) < 4.78 is 5.07. The van der Waals surface area contributed by atoms with E-state index in [1.807, 2.05) is 61.5 Å². The van der Waals surface area contributed by atoms with Crippen LogP contribution in [0.3, 0.4) is 0 Å². The number of aryl methyl sites for hydroxylation is 1. The molecule has 22 heavy (non-hydrogen) atoms. The highest BCUT2D eigenvalue weighted by Crippen LogP contribution is 2.06. The summed E-state index contributed by atoms with van der Waals surface area (Å²) in [4.78, 5) is 23.3. The minimum Gasteiger partial charge on any atom is -0.460 e. The zero-order valence-corrected chi connectivity index (χ0v) is 12.5. The van der Waals surface area contributed by atoms with Crippen molar-refractivity contribution in [2.75, 3.05) is 0 Å². The van der Waals surface area contributed by atoms with E-state index >= 15 is 0 Å². The molecular formula is C19H18O3. The summed E-state index contributed by atoms with van der Waals surface area (Å²) in [5, 5.41) is 0. The van der Waals surface area contributed by atoms with Crippen molar-refractivity contribution in [1.82, 2.24) is 0 Å². The van der Waals surface area contributed by atoms with Crippen molar-refractivity contribution in [2.45, 2.75) is 20.0 Å². The van der Waals surface area contributed by atoms with Crippen LogP contribution in [0.5, 0.6) is 0 Å². The average Bonchev–Trinajstić information content (AvgIpc) is 2.53. The zero-order chi connectivity index (χ0) is 15.8. The molecule has 0 saturated carbocycles. The van der Waals surface area contributed by atoms with Gasteiger partial charge in [0.1, 0.15) is 13.0 Å². The molecular weight excluding hydrogens is 276 g/mol. The van der Waals surface area contributed by atoms with Crippen LogP contribution in [0.2, 0.25) is 0 Å². The summed E-state index contributed by atoms with van der Waals surface area (Å²) in [6.45, 7) is 2.19. The van der Waals surface area contributed by atoms with Crippen molar-refractivity contribution >= 4 is 17.8 Å². The molecule has 0 heterocycles. The summed E-state index contributed by atoms with van der Waals surface area (Å²) in [7, 11) is 0. The summed E-state index contributed by atoms with van der Waals surface area (Å²) in [5.41, 5.74) is 2.99. The number of ketones is 1. The molecule has 0 aliphatic carbocycles. The standard InChI is InChI=1S/C19H18O3/c1-15-7-9-16(10-8-15)11-12-18(20)13-19(21)22-14-17-5-3-2-4-6-17/h2-12H,13-14H2,1H3. The number of carbonyl (C=O) groups excluding carboxylic acids is 2. The fraction of sp³-hybridized carbons (Fsp3) is 0.158. The molecule has 0 aliphatic heterocycles. The number of ether oxygens (including phenoxy) is 1. The fourth-order valence-electron chi connectivity index (χ4n) is 1.86. The number of hydrogen-bond acceptors (Lipinski definition) is 3. The molecule has 0 fully saturated rings. The molecule has 0 atom stereocenters. The molecule has 0 aliphatic rings. The van der Waals surface area contributed by atoms with Gasteiger partial charge in [-0.25, -0.2) is 0 Å². The van der Waals surface area contributed by atoms with E-state index in [-0.39, 0.29) is 18.8 Å². The third-order valence-corrected chi connectivity index (χ3v) is 3.10. The van der Waals surface area contributed by atoms with Crippen LogP contribution in [-0.4, -0.2) is 11.8 Å². The third-order valence-electron chi connectivity index (χ3n) is 3.10. The molecule has 0 radical (unpaired) electrons. The van der Waals surface area contributed by atoms with E-state index in [1.54, 1.807) is 6.08 Å². The van der Waals surface area contributed by atoms with Crippen LogP contribution < -0.4 is 0 Å². The predicted octanol–water partition coefficient (Wildman–Crippen LogP) is 3.71. The Morgan fingerprint density at radius 1 is 1.00 bits per heavy atom. The maximum Gasteiger partial charge on any atom is 0.314 e. The molecule has 0 N–H and O–H groups in total. The first-order chi connectivity index (χ1) is 10.6. The van der Waals surface area contributed by atoms with Gasteiger partial charge in [0.2, 0.25) is 0 Å². The van der Waals surface area contributed by atoms with Gasteiger partial charge in [0.15, 0.2) is 5.78 Å². The molecule has 0 amide bonds. The van der Waals surface area contributed by atoms with Gasteiger partial charge in [0.25, 0.3) is 0 Å². The van der Waals surface area contributed by atoms with Gasteiger partial charge in [-0.1, -0.05) is 66.2 Å². The molecule has 112 valence electrons. The number of allylic oxidation sites excluding steroid dienone is 1. The topological polar surface area (TPSA) is 43.4 Å². The van der Waals surface area contributed by atoms with E-state index in [0.29, 0.717) is 0 Å². The van der Waals surface area contributed by atoms with Crippen molar-refractivity contribution in [3.05, 3.63) is 77.4 Å². The van der Waals surface area contributed by atoms with Crippen molar-refractivity contribution in [2.24, 2.45) is 0 Å². The van der Waals surface area contributed by atoms with Crippen LogP contribution in [0.4, 0.5) is 0 Å². The van der Waals surface area contributed by atoms with E-state index < -0.39 is 5.97 Å². The summed E-state index contributed by atoms with van der Waals surface area (Å²) in [6.07, 6.45) is 2.87. The zero-order valence-electron chi connectivity index (χ0n) is 12.5. The van der Waals surface area contributed by atoms with Gasteiger partial charge in [-0.05, 0) is 24.1 Å². The molecule has 2 aromatic rings. The second kappa shape index (κ2) is 7.93. The lowest BCUT2D eigenvalue weighted by atomic mass is 10.1. The Morgan fingerprint density at radius 3 is 2.36 bits per heavy atom. The van der Waals surface area contributed by atoms with Crippen LogP contribution in [0.15, 0.2) is 60.7 Å². The lowest BCUT2D eigenvalue weighted by molar-refractivity contribution is -0.146. The van der Waals surface area contributed by atoms with Crippen molar-refractivity contribution in [1.29, 1.82) is 0 Å². The van der Waals surface area contributed by atoms with Crippen LogP contribution in [0.25, 0.3) is 6.08 Å². The highest BCUT2D eigenvalue weighted by Gasteiger charge is 2.08. The van der Waals surface area contributed by atoms with Gasteiger partial charge >= 0.3 is 5.97 Å². The minimum atomic E-state index is -0.512. The summed E-state index contributed by atoms with van der Waals surface area (Å²) in [6, 6.07) is 17.2. The minimum absolute atomic E-state index is 0.189. The van der Waals surface area contributed by atoms with E-state index in [1.165, 1.54) is 6.08 Å². The van der Waals surface area contributed by atoms with Gasteiger partial charge in [-0.15, -0.1) is 0 Å². The molecule has 0 unspecified atom stereocenters. The Balaban J connectivity index is 1.78. The molecule has 0 saturated heterocycles. The molecule has 2 aromatic carbocycles. The number of carbonyl (C=O) groups is 2. The number of esters is 1. The maximum absolute atomic E-state index is 11.7. The normalized spacial score (nSPS) is 10.6. The Labute approximate surface area is 130 Å². The monoisotopic (exact) mass is 294 g/mol. The van der Waals surface area contributed by atoms with E-state index in [4.69, 9.17) is 4.74 Å². The lowest BCUT2D eigenvalue weighted by Crippen LogP contribution is -2.09. The quantitative estimate of drug-likeness (QED) is 0.463. The van der Waals surface area contributed by atoms with Crippen LogP contribution >= 0.6 is 0 Å². The van der Waals surface area contributed by atoms with Gasteiger partial charge < -0.3 is 4.74 Å². The SMILES string of the molecule is Cc1ccc(C=CC(=O)CC(=O)OCc2ccccc2)cc1. The molecule has 0 aromatic heterocycles. The van der Waals surface area contributed by atoms with E-state index in [2.05, 4.69) is 0 Å². The molecule has 0 bridgehead atoms. The highest BCUT2D eigenvalue weighted by atomic mass is 16.5. The maximum atomic E-state index is 11.7. The highest BCUT2D eigenvalue weighted by molar-refractivity contribution is 6.03. The first-order valence-electron chi connectivity index (χ1n) is 7.10. The smallest absolute Gasteiger partial charge is 0.314 e. The fourth-order valence-corrected chi connectivity index (χ4v) is 1.86. The Hall–Kier alpha value is -2.68. The molecule has 0 spiro atoms. The molecule has 3 nitrogen and oxygen atoms in total. The van der Waals surface area contributed by atoms with Crippen LogP contribution in [0.1, 0.15) is 23.1 Å². The Bertz CT molecular complexity index is 655. The second-order valence-electron chi connectivity index (χ2n) is 5.03. The molecule has 2 rings (SSSR count). The first kappa shape index (κ1) is 15.7. The summed E-state index contributed by atoms with van der Waals surface area (Å²) in [5.74, 6) is -0.777. The Kier molecular flexibility index (Phi) is 5.66. The van der Waals surface area contributed by atoms with E-state index in [0.717, 1.165) is 16.7 Å². The Morgan fingerprint density at radius 2 is 1.68 bits per heavy atom. The van der Waals surface area contributed by atoms with Crippen molar-refractivity contribution in [3.63, 3.8) is 0 Å². The summed E-state index contributed by atoms with van der Waals surface area (Å²) >= 11 is 0. The number of hydrogen-bond donors (Lipinski definition) is 0. The largest absolute Gasteiger partial charge is 0.460 e. The third kappa shape index (κ3) is 5.37. The van der Waals surface area contributed by atoms with Crippen LogP contribution in [-0.2, 0) is 20.9 Å². The second-order valence-corrected chi connectivity index (χ2v) is 5.03. The number of benzene rings is 2. The van der Waals surface area contributed by atoms with Crippen LogP contribution in [0, 0.1) is 6.92 Å². The number of rotatable bonds is 6. The predicted molar refractivity (Wildman–Crippen MR) is 86.1 cm³/mol. The lowest BCUT2D eigenvalue weighted by Gasteiger charge is -2.03. The first-order valence-corrected chi connectivity index (χ1v) is 7.10. The molecule has 3 heteroatoms. The van der Waals surface area contributed by atoms with Crippen molar-refractivity contribution in [3.8, 4) is 0 Å². The van der Waals surface area contributed by atoms with Gasteiger partial charge in [-0.3, -0.25) is 9.59 Å². The van der Waals surface area contributed by atoms with Gasteiger partial charge in [0, 0.05) is 0 Å². The average molecular weight is 294 g/mol. The van der Waals surface area contributed by atoms with E-state index in [9.17, 15) is 9.59 Å². The van der Waals surface area contributed by atoms with Gasteiger partial charge in [-0.2, -0.15) is 0 Å².